The lowest BCUT2D eigenvalue weighted by Gasteiger charge is -2.08. The summed E-state index contributed by atoms with van der Waals surface area (Å²) in [4.78, 5) is 23.3. The minimum Gasteiger partial charge on any atom is -0.370 e. The molecule has 10 heteroatoms. The van der Waals surface area contributed by atoms with Gasteiger partial charge in [0.25, 0.3) is 0 Å². The third-order valence-corrected chi connectivity index (χ3v) is 3.99. The van der Waals surface area contributed by atoms with Crippen molar-refractivity contribution in [2.45, 2.75) is 60.9 Å². The number of nitrogens with zero attached hydrogens (tertiary/aromatic N) is 3. The van der Waals surface area contributed by atoms with Crippen LogP contribution in [0.1, 0.15) is 52.3 Å². The van der Waals surface area contributed by atoms with Gasteiger partial charge >= 0.3 is 5.69 Å². The number of fused-ring (bicyclic) bond motifs is 1. The summed E-state index contributed by atoms with van der Waals surface area (Å²) in [7, 11) is 0. The summed E-state index contributed by atoms with van der Waals surface area (Å²) in [6, 6.07) is 9.81. The summed E-state index contributed by atoms with van der Waals surface area (Å²) in [5, 5.41) is 4.25. The number of aryl methyl sites for hydroxylation is 1. The van der Waals surface area contributed by atoms with Crippen LogP contribution in [-0.4, -0.2) is 40.0 Å². The van der Waals surface area contributed by atoms with Gasteiger partial charge in [0.2, 0.25) is 6.43 Å². The standard InChI is InChI=1S/C18H23N7O.C2H4F2.2C2H6/c1-12-9-14-11-25(18(26)24-16(14)23-12)15-5-3-13(4-6-15)10-21-7-2-8-22-17(19)20;1-2(3)4;2*1-2/h3-6,9,11,21H,2,7-8,10H2,1H3,(H4,19,20,22)(H,23,24,26);2H,1H3;2*1-2H3. The van der Waals surface area contributed by atoms with E-state index < -0.39 is 6.43 Å². The molecule has 0 atom stereocenters. The zero-order valence-corrected chi connectivity index (χ0v) is 21.0. The fourth-order valence-electron chi connectivity index (χ4n) is 2.74. The molecule has 3 aromatic rings. The number of nitrogens with one attached hydrogen (secondary N) is 2. The first-order valence-electron chi connectivity index (χ1n) is 11.5. The van der Waals surface area contributed by atoms with Gasteiger partial charge in [0.05, 0.1) is 5.69 Å². The first kappa shape index (κ1) is 30.7. The average molecular weight is 480 g/mol. The van der Waals surface area contributed by atoms with Crippen molar-refractivity contribution >= 4 is 17.0 Å². The van der Waals surface area contributed by atoms with Crippen molar-refractivity contribution in [2.75, 3.05) is 13.1 Å². The molecule has 0 saturated heterocycles. The maximum atomic E-state index is 12.2. The Morgan fingerprint density at radius 3 is 2.32 bits per heavy atom. The number of alkyl halides is 2. The molecular weight excluding hydrogens is 440 g/mol. The molecule has 2 aromatic heterocycles. The Morgan fingerprint density at radius 1 is 1.18 bits per heavy atom. The SMILES string of the molecule is CC.CC.CC(F)F.Cc1cc2cn(-c3ccc(CNCCCN=C(N)N)cc3)c(=O)nc2[nH]1. The van der Waals surface area contributed by atoms with E-state index in [-0.39, 0.29) is 11.6 Å². The predicted octanol–water partition coefficient (Wildman–Crippen LogP) is 4.10. The van der Waals surface area contributed by atoms with E-state index in [9.17, 15) is 13.6 Å². The van der Waals surface area contributed by atoms with E-state index in [1.165, 1.54) is 0 Å². The highest BCUT2D eigenvalue weighted by Gasteiger charge is 2.06. The van der Waals surface area contributed by atoms with Crippen LogP contribution < -0.4 is 22.5 Å². The lowest BCUT2D eigenvalue weighted by atomic mass is 10.2. The highest BCUT2D eigenvalue weighted by molar-refractivity contribution is 5.76. The summed E-state index contributed by atoms with van der Waals surface area (Å²) >= 11 is 0. The Labute approximate surface area is 200 Å². The summed E-state index contributed by atoms with van der Waals surface area (Å²) in [5.41, 5.74) is 13.8. The molecule has 0 radical (unpaired) electrons. The van der Waals surface area contributed by atoms with Gasteiger partial charge in [-0.05, 0) is 50.6 Å². The van der Waals surface area contributed by atoms with E-state index in [1.54, 1.807) is 4.57 Å². The molecule has 1 aromatic carbocycles. The fraction of sp³-hybridized carbons (Fsp3) is 0.458. The van der Waals surface area contributed by atoms with E-state index in [2.05, 4.69) is 20.3 Å². The highest BCUT2D eigenvalue weighted by Crippen LogP contribution is 2.13. The van der Waals surface area contributed by atoms with Crippen LogP contribution in [0.25, 0.3) is 16.7 Å². The van der Waals surface area contributed by atoms with E-state index in [0.29, 0.717) is 12.2 Å². The van der Waals surface area contributed by atoms with Gasteiger partial charge in [-0.15, -0.1) is 0 Å². The number of hydrogen-bond acceptors (Lipinski definition) is 4. The van der Waals surface area contributed by atoms with Gasteiger partial charge in [0.1, 0.15) is 5.65 Å². The summed E-state index contributed by atoms with van der Waals surface area (Å²) in [5.74, 6) is 0.123. The van der Waals surface area contributed by atoms with E-state index >= 15 is 0 Å². The number of nitrogens with two attached hydrogens (primary N) is 2. The number of halogens is 2. The van der Waals surface area contributed by atoms with Crippen molar-refractivity contribution in [1.82, 2.24) is 19.9 Å². The molecule has 2 heterocycles. The molecular formula is C24H39F2N7O. The molecule has 0 aliphatic carbocycles. The van der Waals surface area contributed by atoms with Crippen molar-refractivity contribution in [3.05, 3.63) is 58.3 Å². The summed E-state index contributed by atoms with van der Waals surface area (Å²) in [6.45, 7) is 13.0. The molecule has 0 fully saturated rings. The number of rotatable bonds is 7. The van der Waals surface area contributed by atoms with Gasteiger partial charge in [0.15, 0.2) is 5.96 Å². The minimum atomic E-state index is -2.17. The lowest BCUT2D eigenvalue weighted by Crippen LogP contribution is -2.23. The third kappa shape index (κ3) is 11.6. The van der Waals surface area contributed by atoms with Gasteiger partial charge in [0, 0.05) is 30.4 Å². The number of aromatic amines is 1. The molecule has 6 N–H and O–H groups in total. The number of guanidine groups is 1. The largest absolute Gasteiger partial charge is 0.370 e. The van der Waals surface area contributed by atoms with Crippen LogP contribution in [0.4, 0.5) is 8.78 Å². The van der Waals surface area contributed by atoms with Crippen LogP contribution >= 0.6 is 0 Å². The zero-order valence-electron chi connectivity index (χ0n) is 21.0. The lowest BCUT2D eigenvalue weighted by molar-refractivity contribution is 0.171. The summed E-state index contributed by atoms with van der Waals surface area (Å²) in [6.07, 6.45) is 0.512. The molecule has 0 saturated carbocycles. The average Bonchev–Trinajstić information content (AvgIpc) is 3.17. The van der Waals surface area contributed by atoms with Crippen molar-refractivity contribution in [3.63, 3.8) is 0 Å². The second-order valence-corrected chi connectivity index (χ2v) is 6.67. The Kier molecular flexibility index (Phi) is 15.6. The van der Waals surface area contributed by atoms with Crippen molar-refractivity contribution in [3.8, 4) is 5.69 Å². The normalized spacial score (nSPS) is 9.79. The maximum absolute atomic E-state index is 12.2. The van der Waals surface area contributed by atoms with Gasteiger partial charge in [-0.3, -0.25) is 9.56 Å². The quantitative estimate of drug-likeness (QED) is 0.230. The molecule has 34 heavy (non-hydrogen) atoms. The second-order valence-electron chi connectivity index (χ2n) is 6.67. The Bertz CT molecular complexity index is 1020. The fourth-order valence-corrected chi connectivity index (χ4v) is 2.74. The van der Waals surface area contributed by atoms with Gasteiger partial charge in [-0.2, -0.15) is 4.98 Å². The van der Waals surface area contributed by atoms with E-state index in [4.69, 9.17) is 11.5 Å². The van der Waals surface area contributed by atoms with Crippen LogP contribution in [0.3, 0.4) is 0 Å². The minimum absolute atomic E-state index is 0.123. The van der Waals surface area contributed by atoms with Crippen LogP contribution in [0.5, 0.6) is 0 Å². The van der Waals surface area contributed by atoms with E-state index in [0.717, 1.165) is 48.8 Å². The van der Waals surface area contributed by atoms with Crippen LogP contribution in [0, 0.1) is 6.92 Å². The maximum Gasteiger partial charge on any atom is 0.354 e. The first-order chi connectivity index (χ1) is 16.3. The number of aromatic nitrogens is 3. The number of aliphatic imine (C=N–C) groups is 1. The molecule has 3 rings (SSSR count). The second kappa shape index (κ2) is 17.2. The van der Waals surface area contributed by atoms with E-state index in [1.807, 2.05) is 71.1 Å². The van der Waals surface area contributed by atoms with Crippen LogP contribution in [0.2, 0.25) is 0 Å². The number of benzene rings is 1. The molecule has 0 bridgehead atoms. The van der Waals surface area contributed by atoms with Crippen molar-refractivity contribution in [1.29, 1.82) is 0 Å². The predicted molar refractivity (Wildman–Crippen MR) is 138 cm³/mol. The monoisotopic (exact) mass is 479 g/mol. The topological polar surface area (TPSA) is 127 Å². The first-order valence-corrected chi connectivity index (χ1v) is 11.5. The smallest absolute Gasteiger partial charge is 0.354 e. The molecule has 8 nitrogen and oxygen atoms in total. The van der Waals surface area contributed by atoms with Gasteiger partial charge < -0.3 is 21.8 Å². The zero-order chi connectivity index (χ0) is 26.1. The molecule has 0 aliphatic rings. The van der Waals surface area contributed by atoms with Crippen LogP contribution in [0.15, 0.2) is 46.3 Å². The Morgan fingerprint density at radius 2 is 1.76 bits per heavy atom. The number of H-pyrrole nitrogens is 1. The molecule has 0 amide bonds. The molecule has 0 spiro atoms. The Balaban J connectivity index is 0.00000121. The Hall–Kier alpha value is -3.27. The van der Waals surface area contributed by atoms with Gasteiger partial charge in [-0.1, -0.05) is 39.8 Å². The molecule has 190 valence electrons. The molecule has 0 unspecified atom stereocenters. The van der Waals surface area contributed by atoms with Gasteiger partial charge in [-0.25, -0.2) is 13.6 Å². The highest BCUT2D eigenvalue weighted by atomic mass is 19.3. The van der Waals surface area contributed by atoms with Crippen molar-refractivity contribution < 1.29 is 8.78 Å². The van der Waals surface area contributed by atoms with Crippen LogP contribution in [-0.2, 0) is 6.54 Å². The van der Waals surface area contributed by atoms with Crippen molar-refractivity contribution in [2.24, 2.45) is 16.5 Å². The summed E-state index contributed by atoms with van der Waals surface area (Å²) < 4.78 is 22.2. The molecule has 0 aliphatic heterocycles. The number of hydrogen-bond donors (Lipinski definition) is 4. The third-order valence-electron chi connectivity index (χ3n) is 3.99.